The van der Waals surface area contributed by atoms with Gasteiger partial charge in [-0.25, -0.2) is 0 Å². The van der Waals surface area contributed by atoms with E-state index in [1.807, 2.05) is 19.1 Å². The number of hydrogen-bond donors (Lipinski definition) is 1. The van der Waals surface area contributed by atoms with Crippen LogP contribution in [0.4, 0.5) is 0 Å². The van der Waals surface area contributed by atoms with Crippen LogP contribution in [0.5, 0.6) is 5.75 Å². The Bertz CT molecular complexity index is 586. The molecule has 92 valence electrons. The Labute approximate surface area is 105 Å². The predicted molar refractivity (Wildman–Crippen MR) is 66.6 cm³/mol. The zero-order valence-corrected chi connectivity index (χ0v) is 10.1. The van der Waals surface area contributed by atoms with Gasteiger partial charge in [0.25, 0.3) is 0 Å². The topological polar surface area (TPSA) is 50.4 Å². The highest BCUT2D eigenvalue weighted by Gasteiger charge is 2.57. The minimum Gasteiger partial charge on any atom is -0.507 e. The molecule has 0 bridgehead atoms. The maximum Gasteiger partial charge on any atom is 0.170 e. The van der Waals surface area contributed by atoms with Crippen molar-refractivity contribution in [3.8, 4) is 5.75 Å². The summed E-state index contributed by atoms with van der Waals surface area (Å²) in [4.78, 5) is 12.3. The smallest absolute Gasteiger partial charge is 0.170 e. The SMILES string of the molecule is C[C@]1(c2ccco2)C[C@@H]1C(=O)c1ccccc1O. The van der Waals surface area contributed by atoms with Crippen LogP contribution in [0.25, 0.3) is 0 Å². The molecule has 1 heterocycles. The second-order valence-corrected chi connectivity index (χ2v) is 5.03. The fourth-order valence-electron chi connectivity index (χ4n) is 2.49. The van der Waals surface area contributed by atoms with Crippen molar-refractivity contribution in [2.45, 2.75) is 18.8 Å². The van der Waals surface area contributed by atoms with Gasteiger partial charge in [0.15, 0.2) is 5.78 Å². The fraction of sp³-hybridized carbons (Fsp3) is 0.267. The highest BCUT2D eigenvalue weighted by molar-refractivity contribution is 6.03. The second kappa shape index (κ2) is 3.73. The van der Waals surface area contributed by atoms with Gasteiger partial charge in [-0.3, -0.25) is 4.79 Å². The highest BCUT2D eigenvalue weighted by Crippen LogP contribution is 2.55. The largest absolute Gasteiger partial charge is 0.507 e. The lowest BCUT2D eigenvalue weighted by atomic mass is 9.97. The first-order chi connectivity index (χ1) is 8.63. The number of rotatable bonds is 3. The lowest BCUT2D eigenvalue weighted by Gasteiger charge is -2.08. The number of para-hydroxylation sites is 1. The molecule has 2 atom stereocenters. The number of phenolic OH excluding ortho intramolecular Hbond substituents is 1. The van der Waals surface area contributed by atoms with Gasteiger partial charge in [-0.15, -0.1) is 0 Å². The molecule has 0 spiro atoms. The van der Waals surface area contributed by atoms with Gasteiger partial charge in [0.1, 0.15) is 11.5 Å². The minimum atomic E-state index is -0.219. The number of phenols is 1. The molecule has 1 saturated carbocycles. The molecule has 0 amide bonds. The normalized spacial score (nSPS) is 25.9. The summed E-state index contributed by atoms with van der Waals surface area (Å²) >= 11 is 0. The quantitative estimate of drug-likeness (QED) is 0.841. The third-order valence-corrected chi connectivity index (χ3v) is 3.81. The zero-order chi connectivity index (χ0) is 12.8. The van der Waals surface area contributed by atoms with E-state index in [0.29, 0.717) is 5.56 Å². The first-order valence-corrected chi connectivity index (χ1v) is 5.99. The molecule has 3 nitrogen and oxygen atoms in total. The standard InChI is InChI=1S/C15H14O3/c1-15(13-7-4-8-18-13)9-11(15)14(17)10-5-2-3-6-12(10)16/h2-8,11,16H,9H2,1H3/t11-,15+/m1/s1. The number of aromatic hydroxyl groups is 1. The Morgan fingerprint density at radius 2 is 2.11 bits per heavy atom. The summed E-state index contributed by atoms with van der Waals surface area (Å²) in [5.74, 6) is 0.788. The van der Waals surface area contributed by atoms with Crippen molar-refractivity contribution in [3.05, 3.63) is 54.0 Å². The van der Waals surface area contributed by atoms with Crippen LogP contribution in [0.1, 0.15) is 29.5 Å². The molecular formula is C15H14O3. The molecule has 2 aromatic rings. The monoisotopic (exact) mass is 242 g/mol. The van der Waals surface area contributed by atoms with Crippen LogP contribution in [0.15, 0.2) is 47.1 Å². The van der Waals surface area contributed by atoms with Crippen molar-refractivity contribution in [3.63, 3.8) is 0 Å². The lowest BCUT2D eigenvalue weighted by molar-refractivity contribution is 0.0954. The number of ketones is 1. The van der Waals surface area contributed by atoms with E-state index in [1.54, 1.807) is 30.5 Å². The van der Waals surface area contributed by atoms with Crippen molar-refractivity contribution in [2.75, 3.05) is 0 Å². The number of hydrogen-bond acceptors (Lipinski definition) is 3. The molecular weight excluding hydrogens is 228 g/mol. The number of furan rings is 1. The molecule has 0 radical (unpaired) electrons. The number of benzene rings is 1. The first kappa shape index (κ1) is 11.1. The maximum absolute atomic E-state index is 12.3. The van der Waals surface area contributed by atoms with Crippen LogP contribution >= 0.6 is 0 Å². The van der Waals surface area contributed by atoms with Gasteiger partial charge >= 0.3 is 0 Å². The lowest BCUT2D eigenvalue weighted by Crippen LogP contribution is -2.11. The van der Waals surface area contributed by atoms with Crippen molar-refractivity contribution in [1.29, 1.82) is 0 Å². The molecule has 1 N–H and O–H groups in total. The van der Waals surface area contributed by atoms with E-state index >= 15 is 0 Å². The van der Waals surface area contributed by atoms with Crippen LogP contribution in [-0.4, -0.2) is 10.9 Å². The van der Waals surface area contributed by atoms with E-state index in [4.69, 9.17) is 4.42 Å². The molecule has 1 aliphatic carbocycles. The van der Waals surface area contributed by atoms with Crippen LogP contribution < -0.4 is 0 Å². The summed E-state index contributed by atoms with van der Waals surface area (Å²) in [5, 5.41) is 9.71. The summed E-state index contributed by atoms with van der Waals surface area (Å²) in [6, 6.07) is 10.4. The third kappa shape index (κ3) is 1.55. The second-order valence-electron chi connectivity index (χ2n) is 5.03. The molecule has 3 heteroatoms. The molecule has 0 saturated heterocycles. The van der Waals surface area contributed by atoms with Crippen LogP contribution in [0.2, 0.25) is 0 Å². The van der Waals surface area contributed by atoms with E-state index in [2.05, 4.69) is 0 Å². The minimum absolute atomic E-state index is 0.00741. The molecule has 1 aliphatic rings. The van der Waals surface area contributed by atoms with Gasteiger partial charge in [-0.05, 0) is 30.7 Å². The Morgan fingerprint density at radius 3 is 2.78 bits per heavy atom. The van der Waals surface area contributed by atoms with E-state index in [1.165, 1.54) is 0 Å². The van der Waals surface area contributed by atoms with Crippen LogP contribution in [-0.2, 0) is 5.41 Å². The number of carbonyl (C=O) groups is 1. The Balaban J connectivity index is 1.87. The summed E-state index contributed by atoms with van der Waals surface area (Å²) in [6.07, 6.45) is 2.40. The average Bonchev–Trinajstić information content (AvgIpc) is 2.80. The molecule has 1 aromatic carbocycles. The fourth-order valence-corrected chi connectivity index (χ4v) is 2.49. The van der Waals surface area contributed by atoms with Gasteiger partial charge < -0.3 is 9.52 Å². The molecule has 0 unspecified atom stereocenters. The van der Waals surface area contributed by atoms with Gasteiger partial charge in [-0.2, -0.15) is 0 Å². The van der Waals surface area contributed by atoms with Crippen molar-refractivity contribution < 1.29 is 14.3 Å². The number of Topliss-reactive ketones (excluding diaryl/α,β-unsaturated/α-hetero) is 1. The van der Waals surface area contributed by atoms with E-state index < -0.39 is 0 Å². The van der Waals surface area contributed by atoms with Crippen molar-refractivity contribution in [2.24, 2.45) is 5.92 Å². The van der Waals surface area contributed by atoms with Crippen molar-refractivity contribution in [1.82, 2.24) is 0 Å². The Morgan fingerprint density at radius 1 is 1.33 bits per heavy atom. The summed E-state index contributed by atoms with van der Waals surface area (Å²) < 4.78 is 5.39. The Hall–Kier alpha value is -2.03. The molecule has 1 fully saturated rings. The average molecular weight is 242 g/mol. The number of carbonyl (C=O) groups excluding carboxylic acids is 1. The van der Waals surface area contributed by atoms with Gasteiger partial charge in [-0.1, -0.05) is 19.1 Å². The first-order valence-electron chi connectivity index (χ1n) is 5.99. The van der Waals surface area contributed by atoms with Crippen molar-refractivity contribution >= 4 is 5.78 Å². The molecule has 0 aliphatic heterocycles. The van der Waals surface area contributed by atoms with Crippen LogP contribution in [0.3, 0.4) is 0 Å². The molecule has 1 aromatic heterocycles. The molecule has 3 rings (SSSR count). The highest BCUT2D eigenvalue weighted by atomic mass is 16.3. The van der Waals surface area contributed by atoms with E-state index in [0.717, 1.165) is 12.2 Å². The van der Waals surface area contributed by atoms with Gasteiger partial charge in [0, 0.05) is 11.3 Å². The van der Waals surface area contributed by atoms with E-state index in [9.17, 15) is 9.90 Å². The summed E-state index contributed by atoms with van der Waals surface area (Å²) in [5.41, 5.74) is 0.181. The third-order valence-electron chi connectivity index (χ3n) is 3.81. The maximum atomic E-state index is 12.3. The molecule has 18 heavy (non-hydrogen) atoms. The zero-order valence-electron chi connectivity index (χ0n) is 10.1. The van der Waals surface area contributed by atoms with Crippen LogP contribution in [0, 0.1) is 5.92 Å². The Kier molecular flexibility index (Phi) is 2.30. The van der Waals surface area contributed by atoms with E-state index in [-0.39, 0.29) is 22.9 Å². The van der Waals surface area contributed by atoms with Gasteiger partial charge in [0.05, 0.1) is 11.8 Å². The summed E-state index contributed by atoms with van der Waals surface area (Å²) in [6.45, 7) is 2.02. The van der Waals surface area contributed by atoms with Gasteiger partial charge in [0.2, 0.25) is 0 Å². The summed E-state index contributed by atoms with van der Waals surface area (Å²) in [7, 11) is 0. The predicted octanol–water partition coefficient (Wildman–Crippen LogP) is 3.15.